The Morgan fingerprint density at radius 2 is 1.60 bits per heavy atom. The molecule has 3 rings (SSSR count). The molecule has 0 aliphatic carbocycles. The van der Waals surface area contributed by atoms with Crippen molar-refractivity contribution in [3.8, 4) is 0 Å². The number of Topliss-reactive ketones (excluding diaryl/α,β-unsaturated/α-hetero) is 1. The lowest BCUT2D eigenvalue weighted by molar-refractivity contribution is 0.1000. The van der Waals surface area contributed by atoms with Crippen LogP contribution in [0.15, 0.2) is 79.5 Å². The van der Waals surface area contributed by atoms with Crippen molar-refractivity contribution in [1.29, 1.82) is 0 Å². The van der Waals surface area contributed by atoms with E-state index < -0.39 is 8.32 Å². The summed E-state index contributed by atoms with van der Waals surface area (Å²) in [6.07, 6.45) is 3.66. The van der Waals surface area contributed by atoms with Crippen molar-refractivity contribution in [3.05, 3.63) is 91.0 Å². The second-order valence-corrected chi connectivity index (χ2v) is 12.8. The Kier molecular flexibility index (Phi) is 6.54. The summed E-state index contributed by atoms with van der Waals surface area (Å²) < 4.78 is 8.74. The molecule has 0 aliphatic heterocycles. The predicted octanol–water partition coefficient (Wildman–Crippen LogP) is 4.35. The Morgan fingerprint density at radius 3 is 2.03 bits per heavy atom. The van der Waals surface area contributed by atoms with E-state index in [1.807, 2.05) is 22.9 Å². The van der Waals surface area contributed by atoms with E-state index in [1.165, 1.54) is 17.3 Å². The van der Waals surface area contributed by atoms with Gasteiger partial charge in [0, 0.05) is 19.7 Å². The molecule has 1 aromatic heterocycles. The van der Waals surface area contributed by atoms with Crippen LogP contribution in [0.2, 0.25) is 5.04 Å². The highest BCUT2D eigenvalue weighted by Gasteiger charge is 2.50. The van der Waals surface area contributed by atoms with Gasteiger partial charge in [-0.25, -0.2) is 4.98 Å². The number of hydrogen-bond donors (Lipinski definition) is 0. The van der Waals surface area contributed by atoms with Crippen LogP contribution in [0.25, 0.3) is 0 Å². The number of carbonyl (C=O) groups is 1. The summed E-state index contributed by atoms with van der Waals surface area (Å²) in [5.74, 6) is 0.379. The summed E-state index contributed by atoms with van der Waals surface area (Å²) in [7, 11) is -2.64. The minimum absolute atomic E-state index is 0.0615. The van der Waals surface area contributed by atoms with E-state index in [4.69, 9.17) is 4.43 Å². The van der Waals surface area contributed by atoms with E-state index in [9.17, 15) is 4.79 Å². The Morgan fingerprint density at radius 1 is 1.07 bits per heavy atom. The number of nitrogens with zero attached hydrogens (tertiary/aromatic N) is 2. The number of carbonyl (C=O) groups excluding carboxylic acids is 1. The Balaban J connectivity index is 2.07. The first kappa shape index (κ1) is 21.9. The fourth-order valence-electron chi connectivity index (χ4n) is 4.04. The van der Waals surface area contributed by atoms with Gasteiger partial charge in [0.25, 0.3) is 8.32 Å². The van der Waals surface area contributed by atoms with Crippen LogP contribution in [0.5, 0.6) is 0 Å². The molecule has 0 aliphatic rings. The molecule has 0 radical (unpaired) electrons. The van der Waals surface area contributed by atoms with E-state index in [0.29, 0.717) is 19.0 Å². The van der Waals surface area contributed by atoms with Gasteiger partial charge in [0.15, 0.2) is 11.6 Å². The predicted molar refractivity (Wildman–Crippen MR) is 125 cm³/mol. The highest BCUT2D eigenvalue weighted by molar-refractivity contribution is 6.99. The average molecular weight is 419 g/mol. The smallest absolute Gasteiger partial charge is 0.261 e. The third-order valence-corrected chi connectivity index (χ3v) is 10.3. The maximum absolute atomic E-state index is 12.0. The minimum atomic E-state index is -2.64. The lowest BCUT2D eigenvalue weighted by Crippen LogP contribution is -2.66. The SMILES string of the molecule is C=CCn1cc(CO[Si](c2ccccc2)(c2ccccc2)C(C)(C)C)nc1C(C)=O. The molecule has 2 aromatic carbocycles. The van der Waals surface area contributed by atoms with Crippen molar-refractivity contribution in [2.24, 2.45) is 0 Å². The summed E-state index contributed by atoms with van der Waals surface area (Å²) >= 11 is 0. The van der Waals surface area contributed by atoms with E-state index in [2.05, 4.69) is 80.9 Å². The molecule has 1 heterocycles. The summed E-state index contributed by atoms with van der Waals surface area (Å²) in [6, 6.07) is 21.0. The molecule has 0 atom stereocenters. The van der Waals surface area contributed by atoms with Crippen molar-refractivity contribution >= 4 is 24.5 Å². The molecular formula is C25H30N2O2Si. The largest absolute Gasteiger partial charge is 0.401 e. The zero-order chi connectivity index (χ0) is 21.8. The molecule has 3 aromatic rings. The molecule has 4 nitrogen and oxygen atoms in total. The van der Waals surface area contributed by atoms with Gasteiger partial charge in [-0.05, 0) is 15.4 Å². The summed E-state index contributed by atoms with van der Waals surface area (Å²) in [6.45, 7) is 12.9. The molecule has 5 heteroatoms. The minimum Gasteiger partial charge on any atom is -0.401 e. The molecule has 0 saturated carbocycles. The van der Waals surface area contributed by atoms with Gasteiger partial charge < -0.3 is 8.99 Å². The molecule has 0 fully saturated rings. The number of imidazole rings is 1. The number of allylic oxidation sites excluding steroid dienone is 1. The maximum Gasteiger partial charge on any atom is 0.261 e. The Bertz CT molecular complexity index is 965. The van der Waals surface area contributed by atoms with Crippen molar-refractivity contribution in [3.63, 3.8) is 0 Å². The van der Waals surface area contributed by atoms with Crippen LogP contribution in [-0.4, -0.2) is 23.7 Å². The Labute approximate surface area is 180 Å². The molecular weight excluding hydrogens is 388 g/mol. The zero-order valence-electron chi connectivity index (χ0n) is 18.3. The zero-order valence-corrected chi connectivity index (χ0v) is 19.3. The highest BCUT2D eigenvalue weighted by atomic mass is 28.4. The first-order valence-electron chi connectivity index (χ1n) is 10.2. The topological polar surface area (TPSA) is 44.1 Å². The van der Waals surface area contributed by atoms with Gasteiger partial charge in [-0.15, -0.1) is 6.58 Å². The van der Waals surface area contributed by atoms with Crippen molar-refractivity contribution in [2.45, 2.75) is 45.9 Å². The van der Waals surface area contributed by atoms with E-state index in [-0.39, 0.29) is 10.8 Å². The third kappa shape index (κ3) is 4.22. The number of aromatic nitrogens is 2. The fourth-order valence-corrected chi connectivity index (χ4v) is 8.56. The van der Waals surface area contributed by atoms with E-state index >= 15 is 0 Å². The molecule has 0 unspecified atom stereocenters. The fraction of sp³-hybridized carbons (Fsp3) is 0.280. The molecule has 0 spiro atoms. The van der Waals surface area contributed by atoms with Gasteiger partial charge >= 0.3 is 0 Å². The Hall–Kier alpha value is -2.76. The van der Waals surface area contributed by atoms with Gasteiger partial charge in [-0.3, -0.25) is 4.79 Å². The summed E-state index contributed by atoms with van der Waals surface area (Å²) in [5.41, 5.74) is 0.759. The second-order valence-electron chi connectivity index (χ2n) is 8.50. The normalized spacial score (nSPS) is 12.0. The van der Waals surface area contributed by atoms with Crippen LogP contribution in [-0.2, 0) is 17.6 Å². The highest BCUT2D eigenvalue weighted by Crippen LogP contribution is 2.37. The number of hydrogen-bond acceptors (Lipinski definition) is 3. The van der Waals surface area contributed by atoms with Crippen LogP contribution in [0.3, 0.4) is 0 Å². The molecule has 0 N–H and O–H groups in total. The number of benzene rings is 2. The lowest BCUT2D eigenvalue weighted by atomic mass is 10.2. The molecule has 0 saturated heterocycles. The number of ketones is 1. The van der Waals surface area contributed by atoms with Crippen LogP contribution < -0.4 is 10.4 Å². The first-order valence-corrected chi connectivity index (χ1v) is 12.1. The van der Waals surface area contributed by atoms with Crippen LogP contribution in [0.1, 0.15) is 44.0 Å². The lowest BCUT2D eigenvalue weighted by Gasteiger charge is -2.42. The third-order valence-electron chi connectivity index (χ3n) is 5.32. The second kappa shape index (κ2) is 8.94. The van der Waals surface area contributed by atoms with E-state index in [1.54, 1.807) is 6.08 Å². The molecule has 30 heavy (non-hydrogen) atoms. The molecule has 156 valence electrons. The van der Waals surface area contributed by atoms with Gasteiger partial charge in [-0.1, -0.05) is 87.5 Å². The average Bonchev–Trinajstić information content (AvgIpc) is 3.12. The van der Waals surface area contributed by atoms with Crippen LogP contribution >= 0.6 is 0 Å². The summed E-state index contributed by atoms with van der Waals surface area (Å²) in [4.78, 5) is 16.6. The van der Waals surface area contributed by atoms with Gasteiger partial charge in [0.2, 0.25) is 0 Å². The number of rotatable bonds is 8. The van der Waals surface area contributed by atoms with Gasteiger partial charge in [0.05, 0.1) is 12.3 Å². The van der Waals surface area contributed by atoms with Gasteiger partial charge in [0.1, 0.15) is 0 Å². The molecule has 0 bridgehead atoms. The van der Waals surface area contributed by atoms with Crippen LogP contribution in [0, 0.1) is 0 Å². The standard InChI is InChI=1S/C25H30N2O2Si/c1-6-17-27-18-21(26-24(27)20(2)28)19-29-30(25(3,4)5,22-13-9-7-10-14-22)23-15-11-8-12-16-23/h6-16,18H,1,17,19H2,2-5H3. The molecule has 0 amide bonds. The van der Waals surface area contributed by atoms with Crippen molar-refractivity contribution in [1.82, 2.24) is 9.55 Å². The van der Waals surface area contributed by atoms with Crippen molar-refractivity contribution < 1.29 is 9.22 Å². The quantitative estimate of drug-likeness (QED) is 0.310. The first-order chi connectivity index (χ1) is 14.3. The van der Waals surface area contributed by atoms with Gasteiger partial charge in [-0.2, -0.15) is 0 Å². The van der Waals surface area contributed by atoms with Crippen molar-refractivity contribution in [2.75, 3.05) is 0 Å². The maximum atomic E-state index is 12.0. The van der Waals surface area contributed by atoms with E-state index in [0.717, 1.165) is 5.69 Å². The van der Waals surface area contributed by atoms with Crippen LogP contribution in [0.4, 0.5) is 0 Å². The monoisotopic (exact) mass is 418 g/mol. The summed E-state index contributed by atoms with van der Waals surface area (Å²) in [5, 5.41) is 2.34.